The molecule has 6 heteroatoms. The predicted molar refractivity (Wildman–Crippen MR) is 70.4 cm³/mol. The first kappa shape index (κ1) is 14.3. The molecule has 0 bridgehead atoms. The van der Waals surface area contributed by atoms with Crippen LogP contribution in [0.5, 0.6) is 0 Å². The number of likely N-dealkylation sites (tertiary alicyclic amines) is 1. The predicted octanol–water partition coefficient (Wildman–Crippen LogP) is -0.425. The van der Waals surface area contributed by atoms with Gasteiger partial charge in [0.15, 0.2) is 5.60 Å². The Kier molecular flexibility index (Phi) is 4.42. The van der Waals surface area contributed by atoms with Crippen molar-refractivity contribution in [2.75, 3.05) is 39.3 Å². The number of piperidine rings is 1. The van der Waals surface area contributed by atoms with Gasteiger partial charge in [0.25, 0.3) is 5.91 Å². The van der Waals surface area contributed by atoms with E-state index < -0.39 is 11.5 Å². The van der Waals surface area contributed by atoms with E-state index >= 15 is 0 Å². The second-order valence-electron chi connectivity index (χ2n) is 5.60. The van der Waals surface area contributed by atoms with Crippen molar-refractivity contribution in [1.82, 2.24) is 9.80 Å². The van der Waals surface area contributed by atoms with Crippen LogP contribution in [0.25, 0.3) is 0 Å². The summed E-state index contributed by atoms with van der Waals surface area (Å²) >= 11 is 0. The van der Waals surface area contributed by atoms with Crippen molar-refractivity contribution in [1.29, 1.82) is 0 Å². The quantitative estimate of drug-likeness (QED) is 0.754. The smallest absolute Gasteiger partial charge is 0.250 e. The number of hydrogen-bond acceptors (Lipinski definition) is 4. The highest BCUT2D eigenvalue weighted by atomic mass is 16.5. The summed E-state index contributed by atoms with van der Waals surface area (Å²) in [5.74, 6) is -0.323. The Balaban J connectivity index is 1.88. The molecular formula is C13H23N3O3. The molecule has 2 fully saturated rings. The third-order valence-corrected chi connectivity index (χ3v) is 3.94. The molecule has 2 rings (SSSR count). The zero-order chi connectivity index (χ0) is 13.9. The van der Waals surface area contributed by atoms with E-state index in [0.717, 1.165) is 25.9 Å². The van der Waals surface area contributed by atoms with Crippen LogP contribution in [0.15, 0.2) is 0 Å². The Labute approximate surface area is 113 Å². The van der Waals surface area contributed by atoms with Crippen LogP contribution in [-0.2, 0) is 14.3 Å². The number of hydrogen-bond donors (Lipinski definition) is 1. The van der Waals surface area contributed by atoms with Crippen molar-refractivity contribution in [2.45, 2.75) is 31.8 Å². The molecule has 2 aliphatic rings. The van der Waals surface area contributed by atoms with Crippen LogP contribution in [0.4, 0.5) is 0 Å². The molecule has 2 heterocycles. The summed E-state index contributed by atoms with van der Waals surface area (Å²) in [7, 11) is 0. The number of carbonyl (C=O) groups is 2. The largest absolute Gasteiger partial charge is 0.367 e. The molecule has 0 aliphatic carbocycles. The molecule has 2 N–H and O–H groups in total. The van der Waals surface area contributed by atoms with Gasteiger partial charge in [0, 0.05) is 26.2 Å². The zero-order valence-corrected chi connectivity index (χ0v) is 11.6. The maximum Gasteiger partial charge on any atom is 0.250 e. The molecule has 0 aromatic heterocycles. The lowest BCUT2D eigenvalue weighted by Crippen LogP contribution is -2.58. The number of nitrogens with two attached hydrogens (primary N) is 1. The van der Waals surface area contributed by atoms with Crippen LogP contribution in [0.2, 0.25) is 0 Å². The van der Waals surface area contributed by atoms with E-state index in [4.69, 9.17) is 10.5 Å². The zero-order valence-electron chi connectivity index (χ0n) is 11.6. The third kappa shape index (κ3) is 3.45. The molecule has 0 radical (unpaired) electrons. The van der Waals surface area contributed by atoms with Gasteiger partial charge < -0.3 is 15.4 Å². The van der Waals surface area contributed by atoms with Crippen LogP contribution >= 0.6 is 0 Å². The van der Waals surface area contributed by atoms with Gasteiger partial charge in [-0.2, -0.15) is 0 Å². The van der Waals surface area contributed by atoms with Gasteiger partial charge in [0.1, 0.15) is 0 Å². The first-order chi connectivity index (χ1) is 9.01. The van der Waals surface area contributed by atoms with Crippen molar-refractivity contribution >= 4 is 11.8 Å². The number of carbonyl (C=O) groups excluding carboxylic acids is 2. The molecule has 108 valence electrons. The lowest BCUT2D eigenvalue weighted by molar-refractivity contribution is -0.156. The van der Waals surface area contributed by atoms with Gasteiger partial charge >= 0.3 is 0 Å². The van der Waals surface area contributed by atoms with Crippen molar-refractivity contribution in [3.8, 4) is 0 Å². The van der Waals surface area contributed by atoms with Crippen molar-refractivity contribution in [2.24, 2.45) is 5.73 Å². The number of amides is 2. The monoisotopic (exact) mass is 269 g/mol. The molecule has 0 aromatic carbocycles. The van der Waals surface area contributed by atoms with Crippen LogP contribution in [0.1, 0.15) is 26.2 Å². The highest BCUT2D eigenvalue weighted by Gasteiger charge is 2.38. The number of primary amides is 1. The van der Waals surface area contributed by atoms with Crippen LogP contribution < -0.4 is 5.73 Å². The van der Waals surface area contributed by atoms with Gasteiger partial charge in [0.05, 0.1) is 13.2 Å². The fourth-order valence-electron chi connectivity index (χ4n) is 2.67. The van der Waals surface area contributed by atoms with E-state index in [1.165, 1.54) is 6.42 Å². The van der Waals surface area contributed by atoms with Gasteiger partial charge in [-0.15, -0.1) is 0 Å². The Morgan fingerprint density at radius 2 is 1.89 bits per heavy atom. The highest BCUT2D eigenvalue weighted by molar-refractivity contribution is 5.83. The normalized spacial score (nSPS) is 29.2. The molecule has 2 aliphatic heterocycles. The standard InChI is InChI=1S/C13H23N3O3/c1-13(12(14)18)10-15(7-8-19-13)9-11(17)16-5-3-2-4-6-16/h2-10H2,1H3,(H2,14,18). The van der Waals surface area contributed by atoms with Crippen molar-refractivity contribution < 1.29 is 14.3 Å². The molecule has 2 saturated heterocycles. The van der Waals surface area contributed by atoms with E-state index in [9.17, 15) is 9.59 Å². The van der Waals surface area contributed by atoms with Gasteiger partial charge in [-0.1, -0.05) is 0 Å². The van der Waals surface area contributed by atoms with Crippen LogP contribution in [0.3, 0.4) is 0 Å². The minimum absolute atomic E-state index is 0.147. The average Bonchev–Trinajstić information content (AvgIpc) is 2.39. The maximum absolute atomic E-state index is 12.2. The molecule has 19 heavy (non-hydrogen) atoms. The second-order valence-corrected chi connectivity index (χ2v) is 5.60. The molecule has 0 spiro atoms. The van der Waals surface area contributed by atoms with E-state index in [1.54, 1.807) is 6.92 Å². The minimum Gasteiger partial charge on any atom is -0.367 e. The van der Waals surface area contributed by atoms with Crippen LogP contribution in [-0.4, -0.2) is 66.5 Å². The number of rotatable bonds is 3. The average molecular weight is 269 g/mol. The lowest BCUT2D eigenvalue weighted by Gasteiger charge is -2.39. The molecule has 0 aromatic rings. The van der Waals surface area contributed by atoms with Gasteiger partial charge in [0.2, 0.25) is 5.91 Å². The van der Waals surface area contributed by atoms with E-state index in [1.807, 2.05) is 9.80 Å². The summed E-state index contributed by atoms with van der Waals surface area (Å²) in [4.78, 5) is 27.4. The highest BCUT2D eigenvalue weighted by Crippen LogP contribution is 2.17. The molecular weight excluding hydrogens is 246 g/mol. The first-order valence-corrected chi connectivity index (χ1v) is 6.95. The number of morpholine rings is 1. The molecule has 1 unspecified atom stereocenters. The molecule has 6 nitrogen and oxygen atoms in total. The Hall–Kier alpha value is -1.14. The Morgan fingerprint density at radius 3 is 2.53 bits per heavy atom. The lowest BCUT2D eigenvalue weighted by atomic mass is 10.0. The topological polar surface area (TPSA) is 75.9 Å². The molecule has 0 saturated carbocycles. The summed E-state index contributed by atoms with van der Waals surface area (Å²) in [6, 6.07) is 0. The summed E-state index contributed by atoms with van der Waals surface area (Å²) in [6.45, 7) is 5.25. The first-order valence-electron chi connectivity index (χ1n) is 6.95. The van der Waals surface area contributed by atoms with Gasteiger partial charge in [-0.3, -0.25) is 14.5 Å². The number of ether oxygens (including phenoxy) is 1. The fourth-order valence-corrected chi connectivity index (χ4v) is 2.67. The minimum atomic E-state index is -0.972. The third-order valence-electron chi connectivity index (χ3n) is 3.94. The van der Waals surface area contributed by atoms with E-state index in [0.29, 0.717) is 26.2 Å². The molecule has 1 atom stereocenters. The Morgan fingerprint density at radius 1 is 1.21 bits per heavy atom. The summed E-state index contributed by atoms with van der Waals surface area (Å²) in [5.41, 5.74) is 4.38. The van der Waals surface area contributed by atoms with Crippen LogP contribution in [0, 0.1) is 0 Å². The summed E-state index contributed by atoms with van der Waals surface area (Å²) in [5, 5.41) is 0. The van der Waals surface area contributed by atoms with E-state index in [2.05, 4.69) is 0 Å². The van der Waals surface area contributed by atoms with Crippen molar-refractivity contribution in [3.05, 3.63) is 0 Å². The summed E-state index contributed by atoms with van der Waals surface area (Å²) < 4.78 is 5.44. The Bertz CT molecular complexity index is 355. The molecule has 2 amide bonds. The summed E-state index contributed by atoms with van der Waals surface area (Å²) in [6.07, 6.45) is 3.39. The maximum atomic E-state index is 12.2. The van der Waals surface area contributed by atoms with Gasteiger partial charge in [-0.25, -0.2) is 0 Å². The SMILES string of the molecule is CC1(C(N)=O)CN(CC(=O)N2CCCCC2)CCO1. The fraction of sp³-hybridized carbons (Fsp3) is 0.846. The van der Waals surface area contributed by atoms with Crippen molar-refractivity contribution in [3.63, 3.8) is 0 Å². The van der Waals surface area contributed by atoms with Gasteiger partial charge in [-0.05, 0) is 26.2 Å². The van der Waals surface area contributed by atoms with E-state index in [-0.39, 0.29) is 5.91 Å². The number of nitrogens with zero attached hydrogens (tertiary/aromatic N) is 2. The second kappa shape index (κ2) is 5.88.